The molecule has 0 radical (unpaired) electrons. The molecule has 130 valence electrons. The Kier molecular flexibility index (Phi) is 4.14. The molecule has 0 saturated carbocycles. The Morgan fingerprint density at radius 2 is 1.96 bits per heavy atom. The van der Waals surface area contributed by atoms with E-state index < -0.39 is 5.97 Å². The van der Waals surface area contributed by atoms with Crippen molar-refractivity contribution >= 4 is 39.3 Å². The molecule has 0 aliphatic heterocycles. The Hall–Kier alpha value is -2.83. The third kappa shape index (κ3) is 3.16. The summed E-state index contributed by atoms with van der Waals surface area (Å²) >= 11 is 7.49. The maximum Gasteiger partial charge on any atom is 0.336 e. The summed E-state index contributed by atoms with van der Waals surface area (Å²) in [6.45, 7) is 1.74. The maximum absolute atomic E-state index is 11.2. The second-order valence-corrected chi connectivity index (χ2v) is 7.25. The molecule has 5 nitrogen and oxygen atoms in total. The van der Waals surface area contributed by atoms with Gasteiger partial charge in [0.25, 0.3) is 0 Å². The Labute approximate surface area is 157 Å². The predicted octanol–water partition coefficient (Wildman–Crippen LogP) is 5.74. The van der Waals surface area contributed by atoms with Crippen LogP contribution >= 0.6 is 22.9 Å². The molecule has 2 N–H and O–H groups in total. The van der Waals surface area contributed by atoms with Crippen molar-refractivity contribution in [2.24, 2.45) is 0 Å². The molecule has 2 aromatic heterocycles. The number of nitrogens with zero attached hydrogens (tertiary/aromatic N) is 1. The predicted molar refractivity (Wildman–Crippen MR) is 103 cm³/mol. The first-order chi connectivity index (χ1) is 12.5. The smallest absolute Gasteiger partial charge is 0.336 e. The lowest BCUT2D eigenvalue weighted by Gasteiger charge is -2.05. The molecule has 0 unspecified atom stereocenters. The highest BCUT2D eigenvalue weighted by atomic mass is 35.5. The molecule has 2 aromatic carbocycles. The lowest BCUT2D eigenvalue weighted by Crippen LogP contribution is -2.00. The number of aromatic carboxylic acids is 1. The standard InChI is InChI=1S/C19H13ClN2O3S/c1-10-2-7-13(8-14(10)18(23)24)25-19-21-15-9-16(26-17(15)22-19)11-3-5-12(20)6-4-11/h2-9H,1H3,(H,21,22)(H,23,24). The van der Waals surface area contributed by atoms with E-state index in [1.807, 2.05) is 30.3 Å². The van der Waals surface area contributed by atoms with Crippen LogP contribution < -0.4 is 4.74 Å². The SMILES string of the molecule is Cc1ccc(Oc2nc3cc(-c4ccc(Cl)cc4)sc3[nH]2)cc1C(=O)O. The minimum absolute atomic E-state index is 0.209. The van der Waals surface area contributed by atoms with E-state index >= 15 is 0 Å². The lowest BCUT2D eigenvalue weighted by molar-refractivity contribution is 0.0695. The molecule has 0 aliphatic rings. The summed E-state index contributed by atoms with van der Waals surface area (Å²) in [6.07, 6.45) is 0. The number of aromatic nitrogens is 2. The Balaban J connectivity index is 1.61. The van der Waals surface area contributed by atoms with Crippen LogP contribution in [0.5, 0.6) is 11.8 Å². The second kappa shape index (κ2) is 6.48. The van der Waals surface area contributed by atoms with Crippen molar-refractivity contribution in [2.75, 3.05) is 0 Å². The van der Waals surface area contributed by atoms with Gasteiger partial charge in [-0.2, -0.15) is 4.98 Å². The van der Waals surface area contributed by atoms with Gasteiger partial charge in [0.1, 0.15) is 16.1 Å². The van der Waals surface area contributed by atoms with Crippen LogP contribution in [-0.4, -0.2) is 21.0 Å². The number of ether oxygens (including phenoxy) is 1. The molecule has 26 heavy (non-hydrogen) atoms. The van der Waals surface area contributed by atoms with E-state index in [-0.39, 0.29) is 5.56 Å². The summed E-state index contributed by atoms with van der Waals surface area (Å²) in [5.41, 5.74) is 2.75. The van der Waals surface area contributed by atoms with Gasteiger partial charge in [0.2, 0.25) is 0 Å². The zero-order valence-corrected chi connectivity index (χ0v) is 15.2. The van der Waals surface area contributed by atoms with Crippen LogP contribution in [0.25, 0.3) is 20.8 Å². The number of H-pyrrole nitrogens is 1. The molecule has 0 bridgehead atoms. The average molecular weight is 385 g/mol. The van der Waals surface area contributed by atoms with Gasteiger partial charge in [-0.3, -0.25) is 4.98 Å². The highest BCUT2D eigenvalue weighted by Crippen LogP contribution is 2.34. The number of thiophene rings is 1. The summed E-state index contributed by atoms with van der Waals surface area (Å²) in [7, 11) is 0. The number of fused-ring (bicyclic) bond motifs is 1. The fraction of sp³-hybridized carbons (Fsp3) is 0.0526. The van der Waals surface area contributed by atoms with E-state index in [2.05, 4.69) is 9.97 Å². The summed E-state index contributed by atoms with van der Waals surface area (Å²) < 4.78 is 5.69. The number of carboxylic acid groups (broad SMARTS) is 1. The third-order valence-corrected chi connectivity index (χ3v) is 5.28. The number of aryl methyl sites for hydroxylation is 1. The molecule has 7 heteroatoms. The number of hydrogen-bond donors (Lipinski definition) is 2. The number of halogens is 1. The molecule has 0 aliphatic carbocycles. The molecule has 0 fully saturated rings. The molecular formula is C19H13ClN2O3S. The number of nitrogens with one attached hydrogen (secondary N) is 1. The second-order valence-electron chi connectivity index (χ2n) is 5.76. The van der Waals surface area contributed by atoms with Crippen LogP contribution in [0.1, 0.15) is 15.9 Å². The maximum atomic E-state index is 11.2. The van der Waals surface area contributed by atoms with Crippen molar-refractivity contribution in [3.63, 3.8) is 0 Å². The molecule has 0 saturated heterocycles. The minimum Gasteiger partial charge on any atom is -0.478 e. The van der Waals surface area contributed by atoms with E-state index in [1.165, 1.54) is 6.07 Å². The van der Waals surface area contributed by atoms with Crippen molar-refractivity contribution < 1.29 is 14.6 Å². The Morgan fingerprint density at radius 1 is 1.19 bits per heavy atom. The average Bonchev–Trinajstić information content (AvgIpc) is 3.15. The summed E-state index contributed by atoms with van der Waals surface area (Å²) in [4.78, 5) is 20.7. The van der Waals surface area contributed by atoms with E-state index in [0.29, 0.717) is 22.3 Å². The summed E-state index contributed by atoms with van der Waals surface area (Å²) in [6, 6.07) is 14.9. The summed E-state index contributed by atoms with van der Waals surface area (Å²) in [5, 5.41) is 9.91. The number of imidazole rings is 1. The first kappa shape index (κ1) is 16.6. The monoisotopic (exact) mass is 384 g/mol. The molecule has 2 heterocycles. The van der Waals surface area contributed by atoms with Gasteiger partial charge in [0.15, 0.2) is 0 Å². The number of aromatic amines is 1. The van der Waals surface area contributed by atoms with E-state index in [1.54, 1.807) is 30.4 Å². The quantitative estimate of drug-likeness (QED) is 0.470. The number of benzene rings is 2. The van der Waals surface area contributed by atoms with E-state index in [4.69, 9.17) is 16.3 Å². The van der Waals surface area contributed by atoms with Crippen LogP contribution in [0, 0.1) is 6.92 Å². The highest BCUT2D eigenvalue weighted by molar-refractivity contribution is 7.21. The number of hydrogen-bond acceptors (Lipinski definition) is 4. The van der Waals surface area contributed by atoms with Crippen molar-refractivity contribution in [3.05, 3.63) is 64.7 Å². The van der Waals surface area contributed by atoms with Crippen LogP contribution in [0.2, 0.25) is 5.02 Å². The van der Waals surface area contributed by atoms with Crippen LogP contribution in [0.4, 0.5) is 0 Å². The fourth-order valence-electron chi connectivity index (χ4n) is 2.60. The normalized spacial score (nSPS) is 11.0. The van der Waals surface area contributed by atoms with Gasteiger partial charge in [0, 0.05) is 9.90 Å². The molecule has 0 atom stereocenters. The van der Waals surface area contributed by atoms with Gasteiger partial charge in [0.05, 0.1) is 5.56 Å². The molecule has 0 spiro atoms. The van der Waals surface area contributed by atoms with Crippen LogP contribution in [-0.2, 0) is 0 Å². The lowest BCUT2D eigenvalue weighted by atomic mass is 10.1. The fourth-order valence-corrected chi connectivity index (χ4v) is 3.72. The zero-order valence-electron chi connectivity index (χ0n) is 13.6. The number of carboxylic acids is 1. The van der Waals surface area contributed by atoms with Gasteiger partial charge in [-0.25, -0.2) is 4.79 Å². The Morgan fingerprint density at radius 3 is 2.65 bits per heavy atom. The van der Waals surface area contributed by atoms with Crippen molar-refractivity contribution in [2.45, 2.75) is 6.92 Å². The zero-order chi connectivity index (χ0) is 18.3. The minimum atomic E-state index is -0.985. The van der Waals surface area contributed by atoms with Gasteiger partial charge >= 0.3 is 12.0 Å². The van der Waals surface area contributed by atoms with Crippen molar-refractivity contribution in [3.8, 4) is 22.2 Å². The summed E-state index contributed by atoms with van der Waals surface area (Å²) in [5.74, 6) is -0.562. The van der Waals surface area contributed by atoms with E-state index in [0.717, 1.165) is 20.8 Å². The highest BCUT2D eigenvalue weighted by Gasteiger charge is 2.13. The molecule has 4 rings (SSSR count). The first-order valence-corrected chi connectivity index (χ1v) is 8.96. The third-order valence-electron chi connectivity index (χ3n) is 3.94. The van der Waals surface area contributed by atoms with Crippen LogP contribution in [0.15, 0.2) is 48.5 Å². The molecule has 4 aromatic rings. The largest absolute Gasteiger partial charge is 0.478 e. The van der Waals surface area contributed by atoms with Crippen molar-refractivity contribution in [1.29, 1.82) is 0 Å². The molecule has 0 amide bonds. The van der Waals surface area contributed by atoms with E-state index in [9.17, 15) is 9.90 Å². The Bertz CT molecular complexity index is 1080. The van der Waals surface area contributed by atoms with Gasteiger partial charge in [-0.1, -0.05) is 29.8 Å². The molecular weight excluding hydrogens is 372 g/mol. The number of rotatable bonds is 4. The van der Waals surface area contributed by atoms with Crippen molar-refractivity contribution in [1.82, 2.24) is 9.97 Å². The van der Waals surface area contributed by atoms with Gasteiger partial charge in [-0.15, -0.1) is 11.3 Å². The number of carbonyl (C=O) groups is 1. The topological polar surface area (TPSA) is 75.2 Å². The van der Waals surface area contributed by atoms with Crippen LogP contribution in [0.3, 0.4) is 0 Å². The first-order valence-electron chi connectivity index (χ1n) is 7.77. The van der Waals surface area contributed by atoms with Gasteiger partial charge < -0.3 is 9.84 Å². The van der Waals surface area contributed by atoms with Gasteiger partial charge in [-0.05, 0) is 48.4 Å².